The van der Waals surface area contributed by atoms with Crippen LogP contribution in [-0.2, 0) is 20.5 Å². The minimum absolute atomic E-state index is 0.264. The van der Waals surface area contributed by atoms with Crippen molar-refractivity contribution in [3.8, 4) is 17.2 Å². The lowest BCUT2D eigenvalue weighted by Gasteiger charge is -2.14. The van der Waals surface area contributed by atoms with Gasteiger partial charge in [0.2, 0.25) is 0 Å². The Bertz CT molecular complexity index is 947. The van der Waals surface area contributed by atoms with Crippen molar-refractivity contribution >= 4 is 11.7 Å². The quantitative estimate of drug-likeness (QED) is 0.0728. The summed E-state index contributed by atoms with van der Waals surface area (Å²) in [5, 5.41) is 4.17. The number of hydrogen-bond acceptors (Lipinski definition) is 6. The number of oxime groups is 1. The molecule has 1 unspecified atom stereocenters. The molecule has 0 saturated heterocycles. The third-order valence-electron chi connectivity index (χ3n) is 5.47. The summed E-state index contributed by atoms with van der Waals surface area (Å²) in [6.45, 7) is 5.56. The second kappa shape index (κ2) is 15.8. The number of carbonyl (C=O) groups excluding carboxylic acids is 1. The van der Waals surface area contributed by atoms with Crippen molar-refractivity contribution in [2.24, 2.45) is 5.16 Å². The molecule has 0 radical (unpaired) electrons. The van der Waals surface area contributed by atoms with Gasteiger partial charge in [-0.15, -0.1) is 0 Å². The average Bonchev–Trinajstić information content (AvgIpc) is 2.87. The number of alkyl halides is 3. The van der Waals surface area contributed by atoms with E-state index in [0.717, 1.165) is 69.2 Å². The molecule has 0 aliphatic heterocycles. The highest BCUT2D eigenvalue weighted by Gasteiger charge is 2.30. The molecule has 0 bridgehead atoms. The van der Waals surface area contributed by atoms with Gasteiger partial charge in [-0.3, -0.25) is 0 Å². The molecule has 0 aliphatic carbocycles. The number of carbonyl (C=O) groups is 1. The second-order valence-electron chi connectivity index (χ2n) is 8.64. The molecule has 0 N–H and O–H groups in total. The van der Waals surface area contributed by atoms with Gasteiger partial charge in [-0.2, -0.15) is 13.2 Å². The number of hydrogen-bond donors (Lipinski definition) is 0. The van der Waals surface area contributed by atoms with Crippen molar-refractivity contribution in [3.63, 3.8) is 0 Å². The van der Waals surface area contributed by atoms with E-state index in [-0.39, 0.29) is 12.5 Å². The fraction of sp³-hybridized carbons (Fsp3) is 0.500. The van der Waals surface area contributed by atoms with Crippen LogP contribution in [0.5, 0.6) is 17.2 Å². The van der Waals surface area contributed by atoms with Gasteiger partial charge in [0, 0.05) is 0 Å². The van der Waals surface area contributed by atoms with Crippen molar-refractivity contribution in [1.29, 1.82) is 0 Å². The highest BCUT2D eigenvalue weighted by molar-refractivity contribution is 5.83. The van der Waals surface area contributed by atoms with Gasteiger partial charge in [-0.05, 0) is 81.1 Å². The number of benzene rings is 2. The van der Waals surface area contributed by atoms with Gasteiger partial charge >= 0.3 is 12.1 Å². The fourth-order valence-corrected chi connectivity index (χ4v) is 3.38. The van der Waals surface area contributed by atoms with E-state index in [0.29, 0.717) is 11.5 Å². The summed E-state index contributed by atoms with van der Waals surface area (Å²) < 4.78 is 54.3. The number of halogens is 3. The van der Waals surface area contributed by atoms with Crippen LogP contribution in [0.1, 0.15) is 77.7 Å². The summed E-state index contributed by atoms with van der Waals surface area (Å²) in [6, 6.07) is 10.7. The average molecular weight is 524 g/mol. The Labute approximate surface area is 216 Å². The minimum atomic E-state index is -4.40. The van der Waals surface area contributed by atoms with Crippen molar-refractivity contribution < 1.29 is 37.0 Å². The summed E-state index contributed by atoms with van der Waals surface area (Å²) in [4.78, 5) is 17.5. The van der Waals surface area contributed by atoms with Crippen molar-refractivity contribution in [2.75, 3.05) is 6.79 Å². The molecule has 2 aromatic rings. The largest absolute Gasteiger partial charge is 0.479 e. The molecular weight excluding hydrogens is 487 g/mol. The van der Waals surface area contributed by atoms with Crippen molar-refractivity contribution in [1.82, 2.24) is 0 Å². The molecule has 9 heteroatoms. The Morgan fingerprint density at radius 3 is 1.86 bits per heavy atom. The van der Waals surface area contributed by atoms with Crippen LogP contribution in [0, 0.1) is 0 Å². The lowest BCUT2D eigenvalue weighted by atomic mass is 10.1. The van der Waals surface area contributed by atoms with E-state index in [1.54, 1.807) is 31.2 Å². The van der Waals surface area contributed by atoms with Crippen molar-refractivity contribution in [3.05, 3.63) is 54.1 Å². The monoisotopic (exact) mass is 523 g/mol. The first-order chi connectivity index (χ1) is 17.7. The number of nitrogens with zero attached hydrogens (tertiary/aromatic N) is 1. The molecule has 37 heavy (non-hydrogen) atoms. The van der Waals surface area contributed by atoms with E-state index in [1.165, 1.54) is 12.1 Å². The zero-order valence-corrected chi connectivity index (χ0v) is 21.7. The van der Waals surface area contributed by atoms with Crippen LogP contribution in [0.3, 0.4) is 0 Å². The summed E-state index contributed by atoms with van der Waals surface area (Å²) in [7, 11) is 0. The zero-order valence-electron chi connectivity index (χ0n) is 21.7. The van der Waals surface area contributed by atoms with Gasteiger partial charge in [-0.1, -0.05) is 44.7 Å². The van der Waals surface area contributed by atoms with Crippen LogP contribution in [-0.4, -0.2) is 24.6 Å². The molecule has 6 nitrogen and oxygen atoms in total. The summed E-state index contributed by atoms with van der Waals surface area (Å²) in [5.41, 5.74) is 0.238. The summed E-state index contributed by atoms with van der Waals surface area (Å²) >= 11 is 0. The lowest BCUT2D eigenvalue weighted by molar-refractivity contribution is -0.163. The van der Waals surface area contributed by atoms with Gasteiger partial charge in [0.25, 0.3) is 6.79 Å². The maximum Gasteiger partial charge on any atom is 0.416 e. The molecule has 0 aliphatic rings. The first kappa shape index (κ1) is 30.0. The van der Waals surface area contributed by atoms with E-state index < -0.39 is 23.8 Å². The Kier molecular flexibility index (Phi) is 12.8. The SMILES string of the molecule is CCCCCC(CCCCC)=NOCOC(=O)C(C)Oc1ccc(Oc2ccc(C(F)(F)F)cc2)cc1. The summed E-state index contributed by atoms with van der Waals surface area (Å²) in [5.74, 6) is 0.471. The molecule has 0 amide bonds. The molecule has 2 aromatic carbocycles. The molecule has 204 valence electrons. The minimum Gasteiger partial charge on any atom is -0.479 e. The van der Waals surface area contributed by atoms with Crippen LogP contribution in [0.4, 0.5) is 13.2 Å². The Hall–Kier alpha value is -3.23. The highest BCUT2D eigenvalue weighted by Crippen LogP contribution is 2.31. The van der Waals surface area contributed by atoms with Crippen molar-refractivity contribution in [2.45, 2.75) is 84.4 Å². The number of esters is 1. The van der Waals surface area contributed by atoms with E-state index in [4.69, 9.17) is 19.0 Å². The molecule has 0 heterocycles. The maximum absolute atomic E-state index is 12.7. The maximum atomic E-state index is 12.7. The molecule has 0 spiro atoms. The molecule has 0 aromatic heterocycles. The summed E-state index contributed by atoms with van der Waals surface area (Å²) in [6.07, 6.45) is 3.13. The Morgan fingerprint density at radius 2 is 1.35 bits per heavy atom. The fourth-order valence-electron chi connectivity index (χ4n) is 3.38. The number of rotatable bonds is 16. The van der Waals surface area contributed by atoms with Crippen LogP contribution >= 0.6 is 0 Å². The molecule has 1 atom stereocenters. The smallest absolute Gasteiger partial charge is 0.416 e. The molecule has 0 saturated carbocycles. The topological polar surface area (TPSA) is 66.4 Å². The highest BCUT2D eigenvalue weighted by atomic mass is 19.4. The van der Waals surface area contributed by atoms with E-state index in [9.17, 15) is 18.0 Å². The first-order valence-corrected chi connectivity index (χ1v) is 12.7. The lowest BCUT2D eigenvalue weighted by Crippen LogP contribution is -2.26. The second-order valence-corrected chi connectivity index (χ2v) is 8.64. The van der Waals surface area contributed by atoms with Gasteiger partial charge in [-0.25, -0.2) is 4.79 Å². The van der Waals surface area contributed by atoms with Crippen LogP contribution in [0.2, 0.25) is 0 Å². The predicted octanol–water partition coefficient (Wildman–Crippen LogP) is 8.30. The molecule has 2 rings (SSSR count). The molecule has 0 fully saturated rings. The van der Waals surface area contributed by atoms with E-state index >= 15 is 0 Å². The third-order valence-corrected chi connectivity index (χ3v) is 5.47. The first-order valence-electron chi connectivity index (χ1n) is 12.7. The predicted molar refractivity (Wildman–Crippen MR) is 136 cm³/mol. The Morgan fingerprint density at radius 1 is 0.838 bits per heavy atom. The van der Waals surface area contributed by atoms with Crippen LogP contribution in [0.25, 0.3) is 0 Å². The van der Waals surface area contributed by atoms with E-state index in [2.05, 4.69) is 19.0 Å². The zero-order chi connectivity index (χ0) is 27.1. The molecular formula is C28H36F3NO5. The van der Waals surface area contributed by atoms with Crippen LogP contribution < -0.4 is 9.47 Å². The van der Waals surface area contributed by atoms with Crippen LogP contribution in [0.15, 0.2) is 53.7 Å². The number of unbranched alkanes of at least 4 members (excludes halogenated alkanes) is 4. The van der Waals surface area contributed by atoms with Gasteiger partial charge in [0.15, 0.2) is 6.10 Å². The van der Waals surface area contributed by atoms with Gasteiger partial charge < -0.3 is 19.0 Å². The third kappa shape index (κ3) is 11.6. The standard InChI is InChI=1S/C28H36F3NO5/c1-4-6-8-10-23(11-9-7-5-2)32-35-20-34-27(33)21(3)36-24-16-18-26(19-17-24)37-25-14-12-22(13-15-25)28(29,30)31/h12-19,21H,4-11,20H2,1-3H3. The van der Waals surface area contributed by atoms with E-state index in [1.807, 2.05) is 0 Å². The van der Waals surface area contributed by atoms with Gasteiger partial charge in [0.1, 0.15) is 17.2 Å². The number of ether oxygens (including phenoxy) is 3. The normalized spacial score (nSPS) is 11.9. The van der Waals surface area contributed by atoms with Gasteiger partial charge in [0.05, 0.1) is 11.3 Å². The Balaban J connectivity index is 1.78.